The molecule has 2 unspecified atom stereocenters. The molecule has 19 heavy (non-hydrogen) atoms. The first kappa shape index (κ1) is 13.2. The van der Waals surface area contributed by atoms with Crippen LogP contribution in [-0.4, -0.2) is 37.0 Å². The first-order valence-corrected chi connectivity index (χ1v) is 6.26. The van der Waals surface area contributed by atoms with Gasteiger partial charge in [0.05, 0.1) is 24.2 Å². The molecule has 1 N–H and O–H groups in total. The lowest BCUT2D eigenvalue weighted by molar-refractivity contribution is -0.137. The maximum atomic E-state index is 12.2. The molecule has 1 aromatic carbocycles. The van der Waals surface area contributed by atoms with Gasteiger partial charge in [0, 0.05) is 13.6 Å². The molecule has 2 rings (SSSR count). The summed E-state index contributed by atoms with van der Waals surface area (Å²) in [4.78, 5) is 13.8. The van der Waals surface area contributed by atoms with Gasteiger partial charge in [-0.15, -0.1) is 0 Å². The van der Waals surface area contributed by atoms with Crippen molar-refractivity contribution in [1.82, 2.24) is 4.90 Å². The first-order valence-electron chi connectivity index (χ1n) is 6.26. The number of carbonyl (C=O) groups is 1. The van der Waals surface area contributed by atoms with Crippen LogP contribution in [0.1, 0.15) is 6.92 Å². The van der Waals surface area contributed by atoms with Crippen LogP contribution in [0.5, 0.6) is 5.75 Å². The topological polar surface area (TPSA) is 65.4 Å². The minimum Gasteiger partial charge on any atom is -0.477 e. The van der Waals surface area contributed by atoms with Crippen LogP contribution >= 0.6 is 0 Å². The SMILES string of the molecule is CC(C#N)CN(C)C(=O)C1CNc2ccccc2O1. The number of nitrogens with zero attached hydrogens (tertiary/aromatic N) is 2. The third-order valence-electron chi connectivity index (χ3n) is 3.05. The zero-order valence-corrected chi connectivity index (χ0v) is 11.1. The second-order valence-corrected chi connectivity index (χ2v) is 4.73. The molecule has 100 valence electrons. The Morgan fingerprint density at radius 3 is 3.11 bits per heavy atom. The van der Waals surface area contributed by atoms with Gasteiger partial charge in [0.1, 0.15) is 5.75 Å². The number of hydrogen-bond donors (Lipinski definition) is 1. The molecule has 0 aromatic heterocycles. The quantitative estimate of drug-likeness (QED) is 0.893. The highest BCUT2D eigenvalue weighted by atomic mass is 16.5. The maximum Gasteiger partial charge on any atom is 0.265 e. The summed E-state index contributed by atoms with van der Waals surface area (Å²) in [5.41, 5.74) is 0.902. The van der Waals surface area contributed by atoms with Gasteiger partial charge in [-0.05, 0) is 19.1 Å². The molecule has 0 fully saturated rings. The van der Waals surface area contributed by atoms with Crippen LogP contribution < -0.4 is 10.1 Å². The van der Waals surface area contributed by atoms with Crippen molar-refractivity contribution < 1.29 is 9.53 Å². The van der Waals surface area contributed by atoms with E-state index in [1.165, 1.54) is 0 Å². The predicted octanol–water partition coefficient (Wildman–Crippen LogP) is 1.48. The van der Waals surface area contributed by atoms with Crippen LogP contribution in [0.15, 0.2) is 24.3 Å². The maximum absolute atomic E-state index is 12.2. The number of benzene rings is 1. The van der Waals surface area contributed by atoms with Crippen LogP contribution in [0, 0.1) is 17.2 Å². The van der Waals surface area contributed by atoms with Crippen molar-refractivity contribution in [2.45, 2.75) is 13.0 Å². The molecule has 1 aliphatic heterocycles. The van der Waals surface area contributed by atoms with Gasteiger partial charge in [-0.3, -0.25) is 4.79 Å². The fourth-order valence-corrected chi connectivity index (χ4v) is 2.04. The van der Waals surface area contributed by atoms with Crippen LogP contribution in [-0.2, 0) is 4.79 Å². The Labute approximate surface area is 112 Å². The largest absolute Gasteiger partial charge is 0.477 e. The van der Waals surface area contributed by atoms with E-state index in [9.17, 15) is 4.79 Å². The van der Waals surface area contributed by atoms with E-state index in [2.05, 4.69) is 11.4 Å². The molecule has 1 heterocycles. The van der Waals surface area contributed by atoms with Gasteiger partial charge in [-0.25, -0.2) is 0 Å². The highest BCUT2D eigenvalue weighted by Crippen LogP contribution is 2.28. The Bertz CT molecular complexity index is 510. The monoisotopic (exact) mass is 259 g/mol. The first-order chi connectivity index (χ1) is 9.11. The Hall–Kier alpha value is -2.22. The molecule has 0 aliphatic carbocycles. The second kappa shape index (κ2) is 5.61. The van der Waals surface area contributed by atoms with E-state index in [4.69, 9.17) is 10.00 Å². The molecule has 1 amide bonds. The lowest BCUT2D eigenvalue weighted by Crippen LogP contribution is -2.46. The average Bonchev–Trinajstić information content (AvgIpc) is 2.45. The van der Waals surface area contributed by atoms with Crippen molar-refractivity contribution in [3.8, 4) is 11.8 Å². The van der Waals surface area contributed by atoms with Gasteiger partial charge >= 0.3 is 0 Å². The van der Waals surface area contributed by atoms with Crippen LogP contribution in [0.25, 0.3) is 0 Å². The summed E-state index contributed by atoms with van der Waals surface area (Å²) in [5, 5.41) is 12.0. The predicted molar refractivity (Wildman–Crippen MR) is 71.8 cm³/mol. The minimum absolute atomic E-state index is 0.107. The van der Waals surface area contributed by atoms with Gasteiger partial charge in [-0.2, -0.15) is 5.26 Å². The third kappa shape index (κ3) is 2.97. The van der Waals surface area contributed by atoms with Gasteiger partial charge in [0.2, 0.25) is 0 Å². The number of anilines is 1. The summed E-state index contributed by atoms with van der Waals surface area (Å²) >= 11 is 0. The van der Waals surface area contributed by atoms with E-state index in [-0.39, 0.29) is 11.8 Å². The second-order valence-electron chi connectivity index (χ2n) is 4.73. The smallest absolute Gasteiger partial charge is 0.265 e. The van der Waals surface area contributed by atoms with Crippen molar-refractivity contribution in [1.29, 1.82) is 5.26 Å². The van der Waals surface area contributed by atoms with Crippen LogP contribution in [0.3, 0.4) is 0 Å². The Kier molecular flexibility index (Phi) is 3.91. The number of carbonyl (C=O) groups excluding carboxylic acids is 1. The summed E-state index contributed by atoms with van der Waals surface area (Å²) in [7, 11) is 1.69. The average molecular weight is 259 g/mol. The summed E-state index contributed by atoms with van der Waals surface area (Å²) in [6.07, 6.45) is -0.536. The molecule has 1 aromatic rings. The number of nitriles is 1. The zero-order valence-electron chi connectivity index (χ0n) is 11.1. The molecule has 2 atom stereocenters. The number of ether oxygens (including phenoxy) is 1. The van der Waals surface area contributed by atoms with Gasteiger partial charge in [-0.1, -0.05) is 12.1 Å². The Morgan fingerprint density at radius 1 is 1.63 bits per heavy atom. The zero-order chi connectivity index (χ0) is 13.8. The van der Waals surface area contributed by atoms with Gasteiger partial charge in [0.15, 0.2) is 6.10 Å². The fraction of sp³-hybridized carbons (Fsp3) is 0.429. The Morgan fingerprint density at radius 2 is 2.37 bits per heavy atom. The standard InChI is InChI=1S/C14H17N3O2/c1-10(7-15)9-17(2)14(18)13-8-16-11-5-3-4-6-12(11)19-13/h3-6,10,13,16H,8-9H2,1-2H3. The molecule has 5 nitrogen and oxygen atoms in total. The molecule has 0 spiro atoms. The van der Waals surface area contributed by atoms with Gasteiger partial charge < -0.3 is 15.0 Å². The number of amides is 1. The highest BCUT2D eigenvalue weighted by Gasteiger charge is 2.28. The Balaban J connectivity index is 2.01. The summed E-state index contributed by atoms with van der Waals surface area (Å²) in [6.45, 7) is 2.65. The minimum atomic E-state index is -0.536. The number of rotatable bonds is 3. The molecule has 0 radical (unpaired) electrons. The van der Waals surface area contributed by atoms with Crippen molar-refractivity contribution in [2.24, 2.45) is 5.92 Å². The summed E-state index contributed by atoms with van der Waals surface area (Å²) < 4.78 is 5.69. The van der Waals surface area contributed by atoms with Crippen molar-refractivity contribution in [3.63, 3.8) is 0 Å². The summed E-state index contributed by atoms with van der Waals surface area (Å²) in [5.74, 6) is 0.399. The molecule has 0 saturated carbocycles. The van der Waals surface area contributed by atoms with Crippen LogP contribution in [0.4, 0.5) is 5.69 Å². The van der Waals surface area contributed by atoms with E-state index < -0.39 is 6.10 Å². The molecular weight excluding hydrogens is 242 g/mol. The number of likely N-dealkylation sites (N-methyl/N-ethyl adjacent to an activating group) is 1. The number of fused-ring (bicyclic) bond motifs is 1. The van der Waals surface area contributed by atoms with E-state index in [1.807, 2.05) is 24.3 Å². The summed E-state index contributed by atoms with van der Waals surface area (Å²) in [6, 6.07) is 9.65. The van der Waals surface area contributed by atoms with E-state index in [0.29, 0.717) is 18.8 Å². The number of para-hydroxylation sites is 2. The van der Waals surface area contributed by atoms with E-state index in [0.717, 1.165) is 5.69 Å². The number of hydrogen-bond acceptors (Lipinski definition) is 4. The van der Waals surface area contributed by atoms with E-state index >= 15 is 0 Å². The van der Waals surface area contributed by atoms with Crippen molar-refractivity contribution in [3.05, 3.63) is 24.3 Å². The van der Waals surface area contributed by atoms with Gasteiger partial charge in [0.25, 0.3) is 5.91 Å². The molecule has 5 heteroatoms. The normalized spacial score (nSPS) is 18.3. The van der Waals surface area contributed by atoms with Crippen molar-refractivity contribution in [2.75, 3.05) is 25.5 Å². The van der Waals surface area contributed by atoms with Crippen LogP contribution in [0.2, 0.25) is 0 Å². The highest BCUT2D eigenvalue weighted by molar-refractivity contribution is 5.83. The molecular formula is C14H17N3O2. The fourth-order valence-electron chi connectivity index (χ4n) is 2.04. The lowest BCUT2D eigenvalue weighted by Gasteiger charge is -2.29. The third-order valence-corrected chi connectivity index (χ3v) is 3.05. The lowest BCUT2D eigenvalue weighted by atomic mass is 10.1. The molecule has 0 bridgehead atoms. The van der Waals surface area contributed by atoms with E-state index in [1.54, 1.807) is 18.9 Å². The molecule has 0 saturated heterocycles. The molecule has 1 aliphatic rings. The van der Waals surface area contributed by atoms with Crippen molar-refractivity contribution >= 4 is 11.6 Å². The number of nitrogens with one attached hydrogen (secondary N) is 1.